The van der Waals surface area contributed by atoms with E-state index < -0.39 is 0 Å². The van der Waals surface area contributed by atoms with Crippen LogP contribution in [-0.2, 0) is 11.3 Å². The molecule has 222 valence electrons. The van der Waals surface area contributed by atoms with Crippen LogP contribution in [0.4, 0.5) is 17.2 Å². The Hall–Kier alpha value is -2.62. The Bertz CT molecular complexity index is 1350. The van der Waals surface area contributed by atoms with Crippen LogP contribution in [0.5, 0.6) is 11.5 Å². The Balaban J connectivity index is 0.00000405. The van der Waals surface area contributed by atoms with E-state index in [4.69, 9.17) is 19.9 Å². The normalized spacial score (nSPS) is 16.0. The Kier molecular flexibility index (Phi) is 12.1. The molecule has 0 amide bonds. The Labute approximate surface area is 272 Å². The molecular weight excluding hydrogens is 758 g/mol. The van der Waals surface area contributed by atoms with Gasteiger partial charge in [-0.1, -0.05) is 11.5 Å². The SMILES string of the molecule is [CH2-]CCN=C(N)C(C)N(C)Cc1ccc2c(c1Nc1ncnc3cc(OCCCN4CCOCC4)[c-]cc13)OCN2.[U+2]. The molecule has 11 nitrogen and oxygen atoms in total. The van der Waals surface area contributed by atoms with Crippen molar-refractivity contribution in [3.05, 3.63) is 49.1 Å². The van der Waals surface area contributed by atoms with E-state index in [2.05, 4.69) is 61.4 Å². The van der Waals surface area contributed by atoms with Gasteiger partial charge in [-0.15, -0.1) is 12.1 Å². The van der Waals surface area contributed by atoms with Crippen LogP contribution in [0, 0.1) is 44.1 Å². The molecule has 12 heteroatoms. The Morgan fingerprint density at radius 3 is 2.98 bits per heavy atom. The first-order chi connectivity index (χ1) is 20.0. The molecule has 2 aromatic carbocycles. The monoisotopic (exact) mass is 798 g/mol. The standard InChI is InChI=1S/C30H40N8O3.U/c1-4-10-32-29(31)21(2)37(3)18-22-6-9-25-28(41-20-35-25)27(22)36-30-24-8-7-23(17-26(24)33-19-34-30)40-14-5-11-38-12-15-39-16-13-38;/h6,8-9,17,19,21,35H,1,4-5,10-16,18,20H2,2-3H3,(H2,31,32)(H,33,34,36);/q-2;+2. The molecule has 0 aliphatic carbocycles. The number of nitrogens with one attached hydrogen (secondary N) is 2. The van der Waals surface area contributed by atoms with Crippen LogP contribution in [0.15, 0.2) is 35.6 Å². The zero-order chi connectivity index (χ0) is 28.6. The fraction of sp³-hybridized carbons (Fsp3) is 0.467. The van der Waals surface area contributed by atoms with Crippen LogP contribution < -0.4 is 25.8 Å². The summed E-state index contributed by atoms with van der Waals surface area (Å²) in [4.78, 5) is 18.1. The van der Waals surface area contributed by atoms with Gasteiger partial charge in [-0.3, -0.25) is 19.8 Å². The van der Waals surface area contributed by atoms with Crippen LogP contribution in [0.25, 0.3) is 10.9 Å². The van der Waals surface area contributed by atoms with Gasteiger partial charge in [0.2, 0.25) is 0 Å². The number of anilines is 3. The smallest absolute Gasteiger partial charge is 0.519 e. The molecule has 1 fully saturated rings. The Morgan fingerprint density at radius 2 is 2.17 bits per heavy atom. The number of morpholine rings is 1. The van der Waals surface area contributed by atoms with Crippen LogP contribution in [0.1, 0.15) is 25.3 Å². The predicted octanol–water partition coefficient (Wildman–Crippen LogP) is 3.44. The summed E-state index contributed by atoms with van der Waals surface area (Å²) in [6.45, 7) is 12.7. The topological polar surface area (TPSA) is 122 Å². The summed E-state index contributed by atoms with van der Waals surface area (Å²) in [5.74, 6) is 2.70. The molecule has 2 aliphatic rings. The molecule has 2 aliphatic heterocycles. The van der Waals surface area contributed by atoms with E-state index in [1.165, 1.54) is 0 Å². The van der Waals surface area contributed by atoms with Crippen molar-refractivity contribution < 1.29 is 45.3 Å². The largest absolute Gasteiger partial charge is 2.00 e. The number of ether oxygens (including phenoxy) is 3. The van der Waals surface area contributed by atoms with Crippen LogP contribution in [0.3, 0.4) is 0 Å². The maximum Gasteiger partial charge on any atom is 2.00 e. The first-order valence-corrected chi connectivity index (χ1v) is 14.2. The maximum atomic E-state index is 6.25. The van der Waals surface area contributed by atoms with Gasteiger partial charge in [0.1, 0.15) is 12.2 Å². The minimum Gasteiger partial charge on any atom is -0.519 e. The second kappa shape index (κ2) is 15.7. The summed E-state index contributed by atoms with van der Waals surface area (Å²) in [5.41, 5.74) is 9.85. The molecule has 1 saturated heterocycles. The molecule has 3 heterocycles. The second-order valence-electron chi connectivity index (χ2n) is 10.3. The van der Waals surface area contributed by atoms with Gasteiger partial charge in [0, 0.05) is 38.5 Å². The first-order valence-electron chi connectivity index (χ1n) is 14.2. The van der Waals surface area contributed by atoms with Crippen molar-refractivity contribution in [2.75, 3.05) is 70.4 Å². The number of aromatic nitrogens is 2. The van der Waals surface area contributed by atoms with Crippen molar-refractivity contribution in [2.24, 2.45) is 10.7 Å². The summed E-state index contributed by atoms with van der Waals surface area (Å²) < 4.78 is 17.4. The van der Waals surface area contributed by atoms with E-state index in [1.54, 1.807) is 6.33 Å². The van der Waals surface area contributed by atoms with Crippen molar-refractivity contribution in [1.29, 1.82) is 0 Å². The van der Waals surface area contributed by atoms with E-state index in [-0.39, 0.29) is 37.2 Å². The summed E-state index contributed by atoms with van der Waals surface area (Å²) in [6.07, 6.45) is 3.22. The van der Waals surface area contributed by atoms with E-state index in [0.717, 1.165) is 72.9 Å². The minimum absolute atomic E-state index is 0. The summed E-state index contributed by atoms with van der Waals surface area (Å²) in [6, 6.07) is 11.1. The molecule has 42 heavy (non-hydrogen) atoms. The number of rotatable bonds is 13. The zero-order valence-electron chi connectivity index (χ0n) is 24.5. The van der Waals surface area contributed by atoms with E-state index in [9.17, 15) is 0 Å². The summed E-state index contributed by atoms with van der Waals surface area (Å²) in [5, 5.41) is 7.66. The van der Waals surface area contributed by atoms with E-state index in [1.807, 2.05) is 25.2 Å². The third-order valence-corrected chi connectivity index (χ3v) is 7.45. The van der Waals surface area contributed by atoms with Crippen LogP contribution in [-0.4, -0.2) is 91.4 Å². The molecule has 0 bridgehead atoms. The second-order valence-corrected chi connectivity index (χ2v) is 10.3. The van der Waals surface area contributed by atoms with Crippen molar-refractivity contribution in [3.63, 3.8) is 0 Å². The Morgan fingerprint density at radius 1 is 1.33 bits per heavy atom. The van der Waals surface area contributed by atoms with Crippen LogP contribution >= 0.6 is 0 Å². The van der Waals surface area contributed by atoms with Crippen molar-refractivity contribution in [1.82, 2.24) is 19.8 Å². The fourth-order valence-electron chi connectivity index (χ4n) is 4.91. The van der Waals surface area contributed by atoms with Gasteiger partial charge in [-0.2, -0.15) is 12.5 Å². The molecular formula is C30H40N8O3U. The number of nitrogens with two attached hydrogens (primary N) is 1. The van der Waals surface area contributed by atoms with Gasteiger partial charge in [0.25, 0.3) is 0 Å². The molecule has 4 N–H and O–H groups in total. The van der Waals surface area contributed by atoms with Gasteiger partial charge in [-0.05, 0) is 37.5 Å². The number of amidine groups is 1. The molecule has 0 saturated carbocycles. The average Bonchev–Trinajstić information content (AvgIpc) is 3.48. The molecule has 1 atom stereocenters. The van der Waals surface area contributed by atoms with Crippen molar-refractivity contribution in [3.8, 4) is 11.5 Å². The van der Waals surface area contributed by atoms with Gasteiger partial charge in [-0.25, -0.2) is 4.98 Å². The van der Waals surface area contributed by atoms with Gasteiger partial charge in [0.15, 0.2) is 12.5 Å². The number of benzene rings is 2. The molecule has 1 unspecified atom stereocenters. The number of likely N-dealkylation sites (N-methyl/N-ethyl adjacent to an activating group) is 1. The van der Waals surface area contributed by atoms with Gasteiger partial charge < -0.3 is 37.5 Å². The molecule has 3 aromatic rings. The van der Waals surface area contributed by atoms with Crippen molar-refractivity contribution >= 4 is 33.9 Å². The maximum absolute atomic E-state index is 6.25. The van der Waals surface area contributed by atoms with Gasteiger partial charge in [0.05, 0.1) is 43.1 Å². The number of hydrogen-bond donors (Lipinski definition) is 3. The fourth-order valence-corrected chi connectivity index (χ4v) is 4.91. The quantitative estimate of drug-likeness (QED) is 0.103. The van der Waals surface area contributed by atoms with Gasteiger partial charge >= 0.3 is 31.1 Å². The third-order valence-electron chi connectivity index (χ3n) is 7.45. The van der Waals surface area contributed by atoms with Crippen molar-refractivity contribution in [2.45, 2.75) is 32.4 Å². The molecule has 0 radical (unpaired) electrons. The number of fused-ring (bicyclic) bond motifs is 2. The third kappa shape index (κ3) is 8.05. The van der Waals surface area contributed by atoms with E-state index >= 15 is 0 Å². The predicted molar refractivity (Wildman–Crippen MR) is 162 cm³/mol. The summed E-state index contributed by atoms with van der Waals surface area (Å²) in [7, 11) is 2.03. The molecule has 5 rings (SSSR count). The van der Waals surface area contributed by atoms with Crippen LogP contribution in [0.2, 0.25) is 0 Å². The summed E-state index contributed by atoms with van der Waals surface area (Å²) >= 11 is 0. The van der Waals surface area contributed by atoms with E-state index in [0.29, 0.717) is 50.3 Å². The molecule has 1 aromatic heterocycles. The number of nitrogens with zero attached hydrogens (tertiary/aromatic N) is 5. The average molecular weight is 799 g/mol. The number of hydrogen-bond acceptors (Lipinski definition) is 10. The minimum atomic E-state index is -0.0385. The molecule has 0 spiro atoms. The zero-order valence-corrected chi connectivity index (χ0v) is 28.7. The first kappa shape index (κ1) is 32.3. The number of aliphatic imine (C=N–C) groups is 1.